The van der Waals surface area contributed by atoms with Gasteiger partial charge in [-0.25, -0.2) is 0 Å². The van der Waals surface area contributed by atoms with E-state index in [4.69, 9.17) is 11.6 Å². The molecule has 0 saturated heterocycles. The van der Waals surface area contributed by atoms with Gasteiger partial charge >= 0.3 is 0 Å². The normalized spacial score (nSPS) is 14.8. The van der Waals surface area contributed by atoms with E-state index in [1.165, 1.54) is 12.0 Å². The maximum Gasteiger partial charge on any atom is 0.0406 e. The van der Waals surface area contributed by atoms with E-state index in [2.05, 4.69) is 57.1 Å². The van der Waals surface area contributed by atoms with Crippen LogP contribution in [0.5, 0.6) is 0 Å². The van der Waals surface area contributed by atoms with Crippen LogP contribution in [0.15, 0.2) is 24.3 Å². The Balaban J connectivity index is 2.72. The Morgan fingerprint density at radius 1 is 1.15 bits per heavy atom. The lowest BCUT2D eigenvalue weighted by molar-refractivity contribution is 0.142. The van der Waals surface area contributed by atoms with Crippen molar-refractivity contribution in [1.29, 1.82) is 0 Å². The number of halogens is 1. The van der Waals surface area contributed by atoms with E-state index < -0.39 is 0 Å². The lowest BCUT2D eigenvalue weighted by Crippen LogP contribution is -2.44. The topological polar surface area (TPSA) is 15.3 Å². The third-order valence-electron chi connectivity index (χ3n) is 4.04. The van der Waals surface area contributed by atoms with Crippen LogP contribution < -0.4 is 5.32 Å². The molecule has 0 aliphatic heterocycles. The largest absolute Gasteiger partial charge is 0.315 e. The number of nitrogens with zero attached hydrogens (tertiary/aromatic N) is 1. The molecule has 0 amide bonds. The molecule has 2 atom stereocenters. The van der Waals surface area contributed by atoms with Gasteiger partial charge in [-0.2, -0.15) is 0 Å². The van der Waals surface area contributed by atoms with Gasteiger partial charge in [-0.15, -0.1) is 0 Å². The second-order valence-corrected chi connectivity index (χ2v) is 6.34. The quantitative estimate of drug-likeness (QED) is 0.717. The average molecular weight is 297 g/mol. The average Bonchev–Trinajstić information content (AvgIpc) is 2.42. The maximum absolute atomic E-state index is 5.97. The Hall–Kier alpha value is -0.570. The summed E-state index contributed by atoms with van der Waals surface area (Å²) in [5, 5.41) is 4.35. The van der Waals surface area contributed by atoms with Crippen molar-refractivity contribution in [2.75, 3.05) is 20.1 Å². The Morgan fingerprint density at radius 3 is 2.25 bits per heavy atom. The molecule has 0 bridgehead atoms. The third-order valence-corrected chi connectivity index (χ3v) is 4.29. The molecule has 0 saturated carbocycles. The minimum absolute atomic E-state index is 0.392. The maximum atomic E-state index is 5.97. The van der Waals surface area contributed by atoms with Crippen molar-refractivity contribution in [3.63, 3.8) is 0 Å². The van der Waals surface area contributed by atoms with E-state index in [1.807, 2.05) is 12.1 Å². The molecule has 1 aromatic rings. The van der Waals surface area contributed by atoms with Crippen molar-refractivity contribution < 1.29 is 0 Å². The Labute approximate surface area is 129 Å². The molecular weight excluding hydrogens is 268 g/mol. The van der Waals surface area contributed by atoms with Crippen molar-refractivity contribution in [2.45, 2.75) is 46.2 Å². The predicted octanol–water partition coefficient (Wildman–Crippen LogP) is 4.36. The summed E-state index contributed by atoms with van der Waals surface area (Å²) >= 11 is 5.97. The lowest BCUT2D eigenvalue weighted by atomic mass is 9.98. The Morgan fingerprint density at radius 2 is 1.75 bits per heavy atom. The first kappa shape index (κ1) is 17.5. The summed E-state index contributed by atoms with van der Waals surface area (Å²) in [7, 11) is 2.22. The highest BCUT2D eigenvalue weighted by atomic mass is 35.5. The van der Waals surface area contributed by atoms with E-state index >= 15 is 0 Å². The Kier molecular flexibility index (Phi) is 7.57. The van der Waals surface area contributed by atoms with Crippen LogP contribution in [-0.4, -0.2) is 31.1 Å². The predicted molar refractivity (Wildman–Crippen MR) is 89.4 cm³/mol. The zero-order chi connectivity index (χ0) is 15.1. The van der Waals surface area contributed by atoms with Crippen molar-refractivity contribution in [3.05, 3.63) is 34.9 Å². The molecule has 2 unspecified atom stereocenters. The summed E-state index contributed by atoms with van der Waals surface area (Å²) in [6.45, 7) is 11.2. The van der Waals surface area contributed by atoms with Gasteiger partial charge in [0.05, 0.1) is 0 Å². The molecule has 1 aromatic carbocycles. The molecule has 3 heteroatoms. The fourth-order valence-corrected chi connectivity index (χ4v) is 2.67. The molecule has 0 aliphatic rings. The van der Waals surface area contributed by atoms with Gasteiger partial charge in [0.25, 0.3) is 0 Å². The molecule has 0 radical (unpaired) electrons. The molecule has 0 aromatic heterocycles. The van der Waals surface area contributed by atoms with Gasteiger partial charge < -0.3 is 5.32 Å². The van der Waals surface area contributed by atoms with Crippen molar-refractivity contribution in [2.24, 2.45) is 5.92 Å². The van der Waals surface area contributed by atoms with E-state index in [0.717, 1.165) is 18.1 Å². The molecule has 0 spiro atoms. The summed E-state index contributed by atoms with van der Waals surface area (Å²) < 4.78 is 0. The minimum Gasteiger partial charge on any atom is -0.315 e. The molecule has 0 aliphatic carbocycles. The molecule has 2 nitrogen and oxygen atoms in total. The van der Waals surface area contributed by atoms with Crippen molar-refractivity contribution in [1.82, 2.24) is 10.2 Å². The number of nitrogens with one attached hydrogen (secondary N) is 1. The fraction of sp³-hybridized carbons (Fsp3) is 0.647. The van der Waals surface area contributed by atoms with Crippen molar-refractivity contribution in [3.8, 4) is 0 Å². The number of rotatable bonds is 8. The summed E-state index contributed by atoms with van der Waals surface area (Å²) in [5.41, 5.74) is 1.32. The monoisotopic (exact) mass is 296 g/mol. The number of hydrogen-bond acceptors (Lipinski definition) is 2. The van der Waals surface area contributed by atoms with Gasteiger partial charge in [0, 0.05) is 23.7 Å². The minimum atomic E-state index is 0.392. The van der Waals surface area contributed by atoms with Gasteiger partial charge in [-0.1, -0.05) is 44.5 Å². The van der Waals surface area contributed by atoms with Crippen LogP contribution in [0.4, 0.5) is 0 Å². The third kappa shape index (κ3) is 5.08. The zero-order valence-electron chi connectivity index (χ0n) is 13.5. The van der Waals surface area contributed by atoms with Gasteiger partial charge in [0.2, 0.25) is 0 Å². The van der Waals surface area contributed by atoms with Crippen molar-refractivity contribution >= 4 is 11.6 Å². The summed E-state index contributed by atoms with van der Waals surface area (Å²) in [4.78, 5) is 2.47. The molecule has 20 heavy (non-hydrogen) atoms. The van der Waals surface area contributed by atoms with Crippen LogP contribution in [-0.2, 0) is 0 Å². The number of benzene rings is 1. The molecule has 114 valence electrons. The van der Waals surface area contributed by atoms with Crippen LogP contribution in [0.1, 0.15) is 45.7 Å². The second kappa shape index (κ2) is 8.66. The highest BCUT2D eigenvalue weighted by Gasteiger charge is 2.23. The second-order valence-electron chi connectivity index (χ2n) is 5.91. The zero-order valence-corrected chi connectivity index (χ0v) is 14.2. The first-order valence-corrected chi connectivity index (χ1v) is 8.03. The van der Waals surface area contributed by atoms with Gasteiger partial charge in [-0.05, 0) is 50.6 Å². The molecular formula is C17H29ClN2. The van der Waals surface area contributed by atoms with Gasteiger partial charge in [0.15, 0.2) is 0 Å². The first-order chi connectivity index (χ1) is 9.47. The smallest absolute Gasteiger partial charge is 0.0406 e. The molecule has 0 fully saturated rings. The summed E-state index contributed by atoms with van der Waals surface area (Å²) in [6, 6.07) is 9.12. The van der Waals surface area contributed by atoms with Crippen LogP contribution in [0, 0.1) is 5.92 Å². The van der Waals surface area contributed by atoms with Gasteiger partial charge in [-0.3, -0.25) is 4.90 Å². The van der Waals surface area contributed by atoms with Crippen LogP contribution >= 0.6 is 11.6 Å². The molecule has 1 rings (SSSR count). The number of likely N-dealkylation sites (N-methyl/N-ethyl adjacent to an activating group) is 1. The summed E-state index contributed by atoms with van der Waals surface area (Å²) in [6.07, 6.45) is 1.18. The van der Waals surface area contributed by atoms with Gasteiger partial charge in [0.1, 0.15) is 0 Å². The van der Waals surface area contributed by atoms with E-state index in [9.17, 15) is 0 Å². The first-order valence-electron chi connectivity index (χ1n) is 7.65. The lowest BCUT2D eigenvalue weighted by Gasteiger charge is -2.36. The molecule has 0 heterocycles. The van der Waals surface area contributed by atoms with Crippen LogP contribution in [0.2, 0.25) is 5.02 Å². The highest BCUT2D eigenvalue weighted by molar-refractivity contribution is 6.30. The summed E-state index contributed by atoms with van der Waals surface area (Å²) in [5.74, 6) is 0.624. The van der Waals surface area contributed by atoms with E-state index in [1.54, 1.807) is 0 Å². The molecule has 1 N–H and O–H groups in total. The fourth-order valence-electron chi connectivity index (χ4n) is 2.54. The van der Waals surface area contributed by atoms with Crippen LogP contribution in [0.25, 0.3) is 0 Å². The van der Waals surface area contributed by atoms with Crippen LogP contribution in [0.3, 0.4) is 0 Å². The highest BCUT2D eigenvalue weighted by Crippen LogP contribution is 2.24. The van der Waals surface area contributed by atoms with E-state index in [-0.39, 0.29) is 0 Å². The standard InChI is InChI=1S/C17H29ClN2/c1-6-11-19-12-17(13(2)3)20(5)14(4)15-7-9-16(18)10-8-15/h7-10,13-14,17,19H,6,11-12H2,1-5H3. The number of hydrogen-bond donors (Lipinski definition) is 1. The Bertz CT molecular complexity index is 375. The SMILES string of the molecule is CCCNCC(C(C)C)N(C)C(C)c1ccc(Cl)cc1. The van der Waals surface area contributed by atoms with E-state index in [0.29, 0.717) is 18.0 Å².